The van der Waals surface area contributed by atoms with Crippen LogP contribution in [0.1, 0.15) is 38.7 Å². The number of amides is 1. The van der Waals surface area contributed by atoms with Gasteiger partial charge in [-0.2, -0.15) is 0 Å². The molecule has 0 heterocycles. The molecule has 1 atom stereocenters. The molecule has 1 unspecified atom stereocenters. The number of carbonyl (C=O) groups is 1. The van der Waals surface area contributed by atoms with Gasteiger partial charge in [-0.1, -0.05) is 25.5 Å². The predicted octanol–water partition coefficient (Wildman–Crippen LogP) is 2.34. The van der Waals surface area contributed by atoms with Gasteiger partial charge in [-0.05, 0) is 31.0 Å². The molecule has 0 aliphatic heterocycles. The first-order valence-corrected chi connectivity index (χ1v) is 6.21. The quantitative estimate of drug-likeness (QED) is 0.817. The zero-order valence-electron chi connectivity index (χ0n) is 10.9. The number of hydrogen-bond donors (Lipinski definition) is 2. The molecule has 0 aromatic heterocycles. The van der Waals surface area contributed by atoms with Crippen molar-refractivity contribution in [3.05, 3.63) is 35.6 Å². The molecule has 0 aliphatic carbocycles. The number of hydrogen-bond acceptors (Lipinski definition) is 2. The fourth-order valence-corrected chi connectivity index (χ4v) is 1.61. The number of carbonyl (C=O) groups excluding carboxylic acids is 1. The van der Waals surface area contributed by atoms with Gasteiger partial charge in [-0.3, -0.25) is 4.79 Å². The lowest BCUT2D eigenvalue weighted by molar-refractivity contribution is -0.122. The molecule has 1 rings (SSSR count). The molecule has 100 valence electrons. The second kappa shape index (κ2) is 6.50. The third kappa shape index (κ3) is 4.45. The predicted molar refractivity (Wildman–Crippen MR) is 68.5 cm³/mol. The van der Waals surface area contributed by atoms with Gasteiger partial charge < -0.3 is 10.4 Å². The lowest BCUT2D eigenvalue weighted by Crippen LogP contribution is -2.38. The van der Waals surface area contributed by atoms with Crippen molar-refractivity contribution in [3.63, 3.8) is 0 Å². The van der Waals surface area contributed by atoms with Crippen LogP contribution < -0.4 is 5.32 Å². The summed E-state index contributed by atoms with van der Waals surface area (Å²) in [5.74, 6) is -0.416. The molecule has 1 aromatic carbocycles. The van der Waals surface area contributed by atoms with Crippen LogP contribution in [-0.2, 0) is 10.4 Å². The van der Waals surface area contributed by atoms with Gasteiger partial charge in [0.15, 0.2) is 0 Å². The smallest absolute Gasteiger partial charge is 0.220 e. The standard InChI is InChI=1S/C14H20FNO2/c1-3-4-5-13(17)16-10-14(2,18)11-6-8-12(15)9-7-11/h6-9,18H,3-5,10H2,1-2H3,(H,16,17). The van der Waals surface area contributed by atoms with E-state index in [1.807, 2.05) is 6.92 Å². The van der Waals surface area contributed by atoms with Crippen molar-refractivity contribution in [2.24, 2.45) is 0 Å². The fraction of sp³-hybridized carbons (Fsp3) is 0.500. The average Bonchev–Trinajstić information content (AvgIpc) is 2.34. The number of benzene rings is 1. The van der Waals surface area contributed by atoms with Crippen molar-refractivity contribution in [1.29, 1.82) is 0 Å². The Kier molecular flexibility index (Phi) is 5.28. The van der Waals surface area contributed by atoms with Gasteiger partial charge in [0.25, 0.3) is 0 Å². The molecule has 1 amide bonds. The summed E-state index contributed by atoms with van der Waals surface area (Å²) in [4.78, 5) is 11.5. The van der Waals surface area contributed by atoms with Gasteiger partial charge in [-0.25, -0.2) is 4.39 Å². The van der Waals surface area contributed by atoms with E-state index in [1.165, 1.54) is 24.3 Å². The third-order valence-corrected chi connectivity index (χ3v) is 2.85. The number of halogens is 1. The van der Waals surface area contributed by atoms with Crippen LogP contribution >= 0.6 is 0 Å². The van der Waals surface area contributed by atoms with Crippen LogP contribution in [0.4, 0.5) is 4.39 Å². The van der Waals surface area contributed by atoms with Crippen molar-refractivity contribution in [1.82, 2.24) is 5.32 Å². The summed E-state index contributed by atoms with van der Waals surface area (Å²) in [5.41, 5.74) is -0.602. The molecule has 4 heteroatoms. The normalized spacial score (nSPS) is 14.0. The molecule has 2 N–H and O–H groups in total. The lowest BCUT2D eigenvalue weighted by atomic mass is 9.96. The zero-order chi connectivity index (χ0) is 13.6. The summed E-state index contributed by atoms with van der Waals surface area (Å²) >= 11 is 0. The highest BCUT2D eigenvalue weighted by Gasteiger charge is 2.23. The Bertz CT molecular complexity index is 387. The first kappa shape index (κ1) is 14.6. The van der Waals surface area contributed by atoms with Gasteiger partial charge in [0.1, 0.15) is 11.4 Å². The maximum absolute atomic E-state index is 12.8. The van der Waals surface area contributed by atoms with E-state index in [0.717, 1.165) is 12.8 Å². The minimum absolute atomic E-state index is 0.0702. The average molecular weight is 253 g/mol. The van der Waals surface area contributed by atoms with Crippen LogP contribution in [0.3, 0.4) is 0 Å². The van der Waals surface area contributed by atoms with E-state index in [0.29, 0.717) is 12.0 Å². The van der Waals surface area contributed by atoms with Crippen LogP contribution in [0.25, 0.3) is 0 Å². The minimum atomic E-state index is -1.18. The SMILES string of the molecule is CCCCC(=O)NCC(C)(O)c1ccc(F)cc1. The van der Waals surface area contributed by atoms with E-state index in [2.05, 4.69) is 5.32 Å². The van der Waals surface area contributed by atoms with E-state index in [1.54, 1.807) is 6.92 Å². The van der Waals surface area contributed by atoms with Gasteiger partial charge in [0.05, 0.1) is 6.54 Å². The van der Waals surface area contributed by atoms with Crippen LogP contribution in [0, 0.1) is 5.82 Å². The fourth-order valence-electron chi connectivity index (χ4n) is 1.61. The highest BCUT2D eigenvalue weighted by atomic mass is 19.1. The highest BCUT2D eigenvalue weighted by Crippen LogP contribution is 2.19. The first-order chi connectivity index (χ1) is 8.45. The van der Waals surface area contributed by atoms with Crippen molar-refractivity contribution in [3.8, 4) is 0 Å². The number of nitrogens with one attached hydrogen (secondary N) is 1. The molecule has 3 nitrogen and oxygen atoms in total. The van der Waals surface area contributed by atoms with Crippen molar-refractivity contribution in [2.45, 2.75) is 38.7 Å². The molecular weight excluding hydrogens is 233 g/mol. The molecule has 0 saturated carbocycles. The minimum Gasteiger partial charge on any atom is -0.384 e. The van der Waals surface area contributed by atoms with Crippen LogP contribution in [-0.4, -0.2) is 17.6 Å². The Morgan fingerprint density at radius 3 is 2.56 bits per heavy atom. The summed E-state index contributed by atoms with van der Waals surface area (Å²) in [7, 11) is 0. The van der Waals surface area contributed by atoms with Crippen molar-refractivity contribution < 1.29 is 14.3 Å². The number of unbranched alkanes of at least 4 members (excludes halogenated alkanes) is 1. The maximum Gasteiger partial charge on any atom is 0.220 e. The molecule has 0 radical (unpaired) electrons. The Morgan fingerprint density at radius 2 is 2.00 bits per heavy atom. The molecule has 0 fully saturated rings. The number of aliphatic hydroxyl groups is 1. The van der Waals surface area contributed by atoms with Crippen LogP contribution in [0.2, 0.25) is 0 Å². The molecule has 18 heavy (non-hydrogen) atoms. The molecule has 0 aliphatic rings. The Morgan fingerprint density at radius 1 is 1.39 bits per heavy atom. The zero-order valence-corrected chi connectivity index (χ0v) is 10.9. The summed E-state index contributed by atoms with van der Waals surface area (Å²) in [6, 6.07) is 5.63. The molecular formula is C14H20FNO2. The second-order valence-corrected chi connectivity index (χ2v) is 4.66. The van der Waals surface area contributed by atoms with E-state index >= 15 is 0 Å². The maximum atomic E-state index is 12.8. The second-order valence-electron chi connectivity index (χ2n) is 4.66. The largest absolute Gasteiger partial charge is 0.384 e. The van der Waals surface area contributed by atoms with E-state index in [-0.39, 0.29) is 18.3 Å². The Labute approximate surface area is 107 Å². The summed E-state index contributed by atoms with van der Waals surface area (Å²) in [6.45, 7) is 3.74. The molecule has 0 bridgehead atoms. The van der Waals surface area contributed by atoms with Crippen molar-refractivity contribution in [2.75, 3.05) is 6.54 Å². The third-order valence-electron chi connectivity index (χ3n) is 2.85. The summed E-state index contributed by atoms with van der Waals surface area (Å²) < 4.78 is 12.8. The van der Waals surface area contributed by atoms with Crippen LogP contribution in [0.5, 0.6) is 0 Å². The van der Waals surface area contributed by atoms with E-state index in [9.17, 15) is 14.3 Å². The summed E-state index contributed by atoms with van der Waals surface area (Å²) in [6.07, 6.45) is 2.27. The van der Waals surface area contributed by atoms with Crippen LogP contribution in [0.15, 0.2) is 24.3 Å². The van der Waals surface area contributed by atoms with E-state index in [4.69, 9.17) is 0 Å². The summed E-state index contributed by atoms with van der Waals surface area (Å²) in [5, 5.41) is 12.9. The van der Waals surface area contributed by atoms with E-state index < -0.39 is 5.60 Å². The van der Waals surface area contributed by atoms with Gasteiger partial charge >= 0.3 is 0 Å². The topological polar surface area (TPSA) is 49.3 Å². The van der Waals surface area contributed by atoms with Gasteiger partial charge in [-0.15, -0.1) is 0 Å². The lowest BCUT2D eigenvalue weighted by Gasteiger charge is -2.24. The molecule has 1 aromatic rings. The Balaban J connectivity index is 2.54. The Hall–Kier alpha value is -1.42. The molecule has 0 spiro atoms. The van der Waals surface area contributed by atoms with Crippen molar-refractivity contribution >= 4 is 5.91 Å². The molecule has 0 saturated heterocycles. The number of rotatable bonds is 6. The first-order valence-electron chi connectivity index (χ1n) is 6.21. The van der Waals surface area contributed by atoms with Gasteiger partial charge in [0, 0.05) is 6.42 Å². The van der Waals surface area contributed by atoms with Gasteiger partial charge in [0.2, 0.25) is 5.91 Å². The highest BCUT2D eigenvalue weighted by molar-refractivity contribution is 5.75. The monoisotopic (exact) mass is 253 g/mol.